The molecule has 0 aliphatic heterocycles. The molecule has 2 nitrogen and oxygen atoms in total. The minimum Gasteiger partial charge on any atom is -0.302 e. The van der Waals surface area contributed by atoms with E-state index in [-0.39, 0.29) is 17.9 Å². The number of nitrogens with zero attached hydrogens (tertiary/aromatic N) is 1. The van der Waals surface area contributed by atoms with Gasteiger partial charge in [0.05, 0.1) is 12.1 Å². The van der Waals surface area contributed by atoms with Crippen LogP contribution in [0.5, 0.6) is 0 Å². The molecule has 0 aliphatic carbocycles. The molecule has 1 aromatic carbocycles. The molecule has 1 aromatic rings. The van der Waals surface area contributed by atoms with Crippen molar-refractivity contribution >= 4 is 5.78 Å². The van der Waals surface area contributed by atoms with Gasteiger partial charge in [-0.05, 0) is 38.7 Å². The van der Waals surface area contributed by atoms with Gasteiger partial charge in [0.25, 0.3) is 0 Å². The number of halogens is 3. The number of aryl methyl sites for hydroxylation is 1. The van der Waals surface area contributed by atoms with Crippen molar-refractivity contribution in [2.24, 2.45) is 0 Å². The minimum atomic E-state index is -4.42. The molecule has 0 amide bonds. The fraction of sp³-hybridized carbons (Fsp3) is 0.417. The minimum absolute atomic E-state index is 0.0994. The van der Waals surface area contributed by atoms with Gasteiger partial charge in [0.15, 0.2) is 5.78 Å². The zero-order valence-corrected chi connectivity index (χ0v) is 9.93. The normalized spacial score (nSPS) is 11.9. The summed E-state index contributed by atoms with van der Waals surface area (Å²) in [5.41, 5.74) is -0.0939. The van der Waals surface area contributed by atoms with E-state index in [4.69, 9.17) is 0 Å². The Bertz CT molecular complexity index is 424. The van der Waals surface area contributed by atoms with Gasteiger partial charge in [-0.1, -0.05) is 6.07 Å². The molecule has 94 valence electrons. The molecule has 5 heteroatoms. The lowest BCUT2D eigenvalue weighted by molar-refractivity contribution is -0.137. The van der Waals surface area contributed by atoms with Crippen LogP contribution in [0.4, 0.5) is 13.2 Å². The van der Waals surface area contributed by atoms with Crippen LogP contribution in [-0.4, -0.2) is 31.3 Å². The lowest BCUT2D eigenvalue weighted by atomic mass is 10.0. The first-order valence-corrected chi connectivity index (χ1v) is 5.07. The molecule has 0 aliphatic rings. The standard InChI is InChI=1S/C12H14F3NO/c1-8-4-5-9(12(13,14)15)6-10(8)11(17)7-16(2)3/h4-6H,7H2,1-3H3. The Balaban J connectivity index is 3.11. The molecular weight excluding hydrogens is 231 g/mol. The average molecular weight is 245 g/mol. The maximum Gasteiger partial charge on any atom is 0.416 e. The Morgan fingerprint density at radius 3 is 2.35 bits per heavy atom. The molecule has 1 rings (SSSR count). The summed E-state index contributed by atoms with van der Waals surface area (Å²) in [6.45, 7) is 1.73. The van der Waals surface area contributed by atoms with Gasteiger partial charge in [0.2, 0.25) is 0 Å². The molecule has 0 saturated heterocycles. The number of hydrogen-bond acceptors (Lipinski definition) is 2. The first-order chi connectivity index (χ1) is 7.71. The summed E-state index contributed by atoms with van der Waals surface area (Å²) >= 11 is 0. The number of carbonyl (C=O) groups is 1. The Morgan fingerprint density at radius 1 is 1.29 bits per heavy atom. The summed E-state index contributed by atoms with van der Waals surface area (Å²) in [5.74, 6) is -0.307. The van der Waals surface area contributed by atoms with Crippen LogP contribution in [0.25, 0.3) is 0 Å². The number of hydrogen-bond donors (Lipinski definition) is 0. The maximum atomic E-state index is 12.5. The average Bonchev–Trinajstić information content (AvgIpc) is 2.15. The van der Waals surface area contributed by atoms with Crippen LogP contribution in [0.2, 0.25) is 0 Å². The van der Waals surface area contributed by atoms with Crippen LogP contribution in [0, 0.1) is 6.92 Å². The van der Waals surface area contributed by atoms with E-state index in [0.717, 1.165) is 12.1 Å². The number of benzene rings is 1. The highest BCUT2D eigenvalue weighted by molar-refractivity contribution is 5.99. The number of Topliss-reactive ketones (excluding diaryl/α,β-unsaturated/α-hetero) is 1. The Hall–Kier alpha value is -1.36. The van der Waals surface area contributed by atoms with Crippen molar-refractivity contribution < 1.29 is 18.0 Å². The third kappa shape index (κ3) is 3.56. The van der Waals surface area contributed by atoms with Crippen molar-refractivity contribution in [2.75, 3.05) is 20.6 Å². The van der Waals surface area contributed by atoms with Crippen LogP contribution in [0.1, 0.15) is 21.5 Å². The lowest BCUT2D eigenvalue weighted by Crippen LogP contribution is -2.22. The molecule has 0 radical (unpaired) electrons. The second-order valence-electron chi connectivity index (χ2n) is 4.19. The Kier molecular flexibility index (Phi) is 3.93. The largest absolute Gasteiger partial charge is 0.416 e. The number of alkyl halides is 3. The summed E-state index contributed by atoms with van der Waals surface area (Å²) in [4.78, 5) is 13.4. The zero-order valence-electron chi connectivity index (χ0n) is 9.93. The van der Waals surface area contributed by atoms with Gasteiger partial charge in [-0.25, -0.2) is 0 Å². The third-order valence-corrected chi connectivity index (χ3v) is 2.33. The highest BCUT2D eigenvalue weighted by atomic mass is 19.4. The summed E-state index contributed by atoms with van der Waals surface area (Å²) < 4.78 is 37.5. The third-order valence-electron chi connectivity index (χ3n) is 2.33. The van der Waals surface area contributed by atoms with Crippen molar-refractivity contribution in [2.45, 2.75) is 13.1 Å². The Labute approximate surface area is 98.0 Å². The van der Waals surface area contributed by atoms with Gasteiger partial charge in [-0.3, -0.25) is 4.79 Å². The van der Waals surface area contributed by atoms with Gasteiger partial charge in [-0.15, -0.1) is 0 Å². The predicted molar refractivity (Wildman–Crippen MR) is 59.1 cm³/mol. The van der Waals surface area contributed by atoms with Gasteiger partial charge in [0.1, 0.15) is 0 Å². The topological polar surface area (TPSA) is 20.3 Å². The van der Waals surface area contributed by atoms with E-state index in [9.17, 15) is 18.0 Å². The summed E-state index contributed by atoms with van der Waals surface area (Å²) in [6, 6.07) is 3.23. The van der Waals surface area contributed by atoms with E-state index in [2.05, 4.69) is 0 Å². The van der Waals surface area contributed by atoms with Crippen molar-refractivity contribution in [3.05, 3.63) is 34.9 Å². The maximum absolute atomic E-state index is 12.5. The molecule has 0 atom stereocenters. The quantitative estimate of drug-likeness (QED) is 0.763. The molecule has 0 fully saturated rings. The van der Waals surface area contributed by atoms with Crippen LogP contribution >= 0.6 is 0 Å². The van der Waals surface area contributed by atoms with Gasteiger partial charge < -0.3 is 4.90 Å². The SMILES string of the molecule is Cc1ccc(C(F)(F)F)cc1C(=O)CN(C)C. The molecule has 0 bridgehead atoms. The molecule has 17 heavy (non-hydrogen) atoms. The molecule has 0 spiro atoms. The van der Waals surface area contributed by atoms with Crippen LogP contribution in [-0.2, 0) is 6.18 Å². The second kappa shape index (κ2) is 4.87. The predicted octanol–water partition coefficient (Wildman–Crippen LogP) is 2.76. The van der Waals surface area contributed by atoms with Crippen molar-refractivity contribution in [1.82, 2.24) is 4.90 Å². The summed E-state index contributed by atoms with van der Waals surface area (Å²) in [5, 5.41) is 0. The fourth-order valence-electron chi connectivity index (χ4n) is 1.47. The molecule has 0 heterocycles. The number of ketones is 1. The zero-order chi connectivity index (χ0) is 13.2. The van der Waals surface area contributed by atoms with Crippen molar-refractivity contribution in [3.63, 3.8) is 0 Å². The highest BCUT2D eigenvalue weighted by Gasteiger charge is 2.31. The highest BCUT2D eigenvalue weighted by Crippen LogP contribution is 2.30. The fourth-order valence-corrected chi connectivity index (χ4v) is 1.47. The van der Waals surface area contributed by atoms with Gasteiger partial charge in [-0.2, -0.15) is 13.2 Å². The van der Waals surface area contributed by atoms with Crippen LogP contribution < -0.4 is 0 Å². The number of rotatable bonds is 3. The van der Waals surface area contributed by atoms with Crippen molar-refractivity contribution in [1.29, 1.82) is 0 Å². The molecule has 0 N–H and O–H groups in total. The molecule has 0 aromatic heterocycles. The smallest absolute Gasteiger partial charge is 0.302 e. The molecular formula is C12H14F3NO. The summed E-state index contributed by atoms with van der Waals surface area (Å²) in [7, 11) is 3.39. The number of carbonyl (C=O) groups excluding carboxylic acids is 1. The van der Waals surface area contributed by atoms with E-state index in [1.165, 1.54) is 6.07 Å². The van der Waals surface area contributed by atoms with E-state index in [1.807, 2.05) is 0 Å². The molecule has 0 unspecified atom stereocenters. The van der Waals surface area contributed by atoms with Crippen LogP contribution in [0.3, 0.4) is 0 Å². The number of likely N-dealkylation sites (N-methyl/N-ethyl adjacent to an activating group) is 1. The van der Waals surface area contributed by atoms with Gasteiger partial charge in [0, 0.05) is 5.56 Å². The van der Waals surface area contributed by atoms with Crippen molar-refractivity contribution in [3.8, 4) is 0 Å². The van der Waals surface area contributed by atoms with Crippen LogP contribution in [0.15, 0.2) is 18.2 Å². The second-order valence-corrected chi connectivity index (χ2v) is 4.19. The van der Waals surface area contributed by atoms with E-state index in [1.54, 1.807) is 25.9 Å². The Morgan fingerprint density at radius 2 is 1.88 bits per heavy atom. The van der Waals surface area contributed by atoms with E-state index >= 15 is 0 Å². The molecule has 0 saturated carbocycles. The lowest BCUT2D eigenvalue weighted by Gasteiger charge is -2.13. The van der Waals surface area contributed by atoms with Gasteiger partial charge >= 0.3 is 6.18 Å². The first-order valence-electron chi connectivity index (χ1n) is 5.07. The summed E-state index contributed by atoms with van der Waals surface area (Å²) in [6.07, 6.45) is -4.42. The van der Waals surface area contributed by atoms with E-state index in [0.29, 0.717) is 5.56 Å². The van der Waals surface area contributed by atoms with E-state index < -0.39 is 11.7 Å². The monoisotopic (exact) mass is 245 g/mol. The first kappa shape index (κ1) is 13.7.